The van der Waals surface area contributed by atoms with Gasteiger partial charge in [0.2, 0.25) is 5.76 Å². The van der Waals surface area contributed by atoms with Crippen molar-refractivity contribution >= 4 is 11.9 Å². The van der Waals surface area contributed by atoms with Crippen molar-refractivity contribution < 1.29 is 24.0 Å². The second-order valence-corrected chi connectivity index (χ2v) is 3.34. The molecule has 0 aliphatic heterocycles. The molecule has 1 aromatic heterocycles. The zero-order valence-electron chi connectivity index (χ0n) is 9.43. The fourth-order valence-electron chi connectivity index (χ4n) is 1.15. The van der Waals surface area contributed by atoms with Crippen molar-refractivity contribution in [1.29, 1.82) is 0 Å². The molecule has 0 radical (unpaired) electrons. The quantitative estimate of drug-likeness (QED) is 0.681. The maximum absolute atomic E-state index is 11.5. The molecule has 0 aliphatic rings. The molecule has 0 fully saturated rings. The minimum Gasteiger partial charge on any atom is -0.481 e. The van der Waals surface area contributed by atoms with Gasteiger partial charge in [0.05, 0.1) is 13.2 Å². The Morgan fingerprint density at radius 2 is 2.29 bits per heavy atom. The molecule has 0 aromatic carbocycles. The second-order valence-electron chi connectivity index (χ2n) is 3.34. The zero-order valence-corrected chi connectivity index (χ0v) is 9.43. The third-order valence-electron chi connectivity index (χ3n) is 2.02. The smallest absolute Gasteiger partial charge is 0.303 e. The fourth-order valence-corrected chi connectivity index (χ4v) is 1.15. The SMILES string of the molecule is COc1cc(C(=O)NCCCCC(=O)O)on1. The molecule has 2 N–H and O–H groups in total. The number of aromatic nitrogens is 1. The van der Waals surface area contributed by atoms with Gasteiger partial charge < -0.3 is 19.7 Å². The first-order valence-electron chi connectivity index (χ1n) is 5.14. The van der Waals surface area contributed by atoms with Gasteiger partial charge in [0, 0.05) is 13.0 Å². The maximum Gasteiger partial charge on any atom is 0.303 e. The number of carbonyl (C=O) groups is 2. The summed E-state index contributed by atoms with van der Waals surface area (Å²) >= 11 is 0. The molecule has 7 nitrogen and oxygen atoms in total. The van der Waals surface area contributed by atoms with Gasteiger partial charge in [-0.1, -0.05) is 0 Å². The number of hydrogen-bond donors (Lipinski definition) is 2. The van der Waals surface area contributed by atoms with Crippen LogP contribution in [0.15, 0.2) is 10.6 Å². The van der Waals surface area contributed by atoms with E-state index in [2.05, 4.69) is 10.5 Å². The van der Waals surface area contributed by atoms with E-state index in [9.17, 15) is 9.59 Å². The predicted molar refractivity (Wildman–Crippen MR) is 56.9 cm³/mol. The van der Waals surface area contributed by atoms with E-state index in [1.54, 1.807) is 0 Å². The van der Waals surface area contributed by atoms with Gasteiger partial charge in [-0.05, 0) is 18.0 Å². The van der Waals surface area contributed by atoms with Gasteiger partial charge in [-0.2, -0.15) is 0 Å². The highest BCUT2D eigenvalue weighted by molar-refractivity contribution is 5.91. The topological polar surface area (TPSA) is 102 Å². The van der Waals surface area contributed by atoms with Gasteiger partial charge in [0.25, 0.3) is 11.8 Å². The molecule has 0 atom stereocenters. The highest BCUT2D eigenvalue weighted by atomic mass is 16.5. The number of carbonyl (C=O) groups excluding carboxylic acids is 1. The molecule has 0 bridgehead atoms. The van der Waals surface area contributed by atoms with Crippen molar-refractivity contribution in [3.8, 4) is 5.88 Å². The van der Waals surface area contributed by atoms with Crippen molar-refractivity contribution in [1.82, 2.24) is 10.5 Å². The van der Waals surface area contributed by atoms with Crippen LogP contribution in [0.25, 0.3) is 0 Å². The number of methoxy groups -OCH3 is 1. The van der Waals surface area contributed by atoms with Crippen LogP contribution in [0.3, 0.4) is 0 Å². The third kappa shape index (κ3) is 4.54. The Balaban J connectivity index is 2.23. The number of ether oxygens (including phenoxy) is 1. The fraction of sp³-hybridized carbons (Fsp3) is 0.500. The third-order valence-corrected chi connectivity index (χ3v) is 2.02. The monoisotopic (exact) mass is 242 g/mol. The lowest BCUT2D eigenvalue weighted by Crippen LogP contribution is -2.24. The highest BCUT2D eigenvalue weighted by Crippen LogP contribution is 2.09. The summed E-state index contributed by atoms with van der Waals surface area (Å²) in [6.45, 7) is 0.398. The molecule has 0 aliphatic carbocycles. The Bertz CT molecular complexity index is 388. The Labute approximate surface area is 97.7 Å². The number of nitrogens with one attached hydrogen (secondary N) is 1. The van der Waals surface area contributed by atoms with Gasteiger partial charge in [0.15, 0.2) is 0 Å². The lowest BCUT2D eigenvalue weighted by atomic mass is 10.2. The van der Waals surface area contributed by atoms with Crippen LogP contribution in [0.4, 0.5) is 0 Å². The van der Waals surface area contributed by atoms with E-state index in [4.69, 9.17) is 14.4 Å². The summed E-state index contributed by atoms with van der Waals surface area (Å²) in [5.41, 5.74) is 0. The number of amides is 1. The number of hydrogen-bond acceptors (Lipinski definition) is 5. The summed E-state index contributed by atoms with van der Waals surface area (Å²) < 4.78 is 9.50. The van der Waals surface area contributed by atoms with Gasteiger partial charge in [0.1, 0.15) is 0 Å². The largest absolute Gasteiger partial charge is 0.481 e. The minimum absolute atomic E-state index is 0.0695. The number of carboxylic acid groups (broad SMARTS) is 1. The summed E-state index contributed by atoms with van der Waals surface area (Å²) in [4.78, 5) is 21.7. The summed E-state index contributed by atoms with van der Waals surface area (Å²) in [5, 5.41) is 14.5. The summed E-state index contributed by atoms with van der Waals surface area (Å²) in [6.07, 6.45) is 1.23. The Kier molecular flexibility index (Phi) is 4.99. The first-order valence-corrected chi connectivity index (χ1v) is 5.14. The molecule has 17 heavy (non-hydrogen) atoms. The summed E-state index contributed by atoms with van der Waals surface area (Å²) in [6, 6.07) is 1.38. The molecule has 1 amide bonds. The van der Waals surface area contributed by atoms with Crippen LogP contribution in [0.1, 0.15) is 29.8 Å². The van der Waals surface area contributed by atoms with Crippen LogP contribution < -0.4 is 10.1 Å². The van der Waals surface area contributed by atoms with Crippen LogP contribution in [0.2, 0.25) is 0 Å². The number of unbranched alkanes of at least 4 members (excludes halogenated alkanes) is 1. The molecule has 7 heteroatoms. The summed E-state index contributed by atoms with van der Waals surface area (Å²) in [5.74, 6) is -0.923. The van der Waals surface area contributed by atoms with Crippen LogP contribution in [-0.4, -0.2) is 35.8 Å². The Morgan fingerprint density at radius 3 is 2.88 bits per heavy atom. The Hall–Kier alpha value is -2.05. The average molecular weight is 242 g/mol. The lowest BCUT2D eigenvalue weighted by Gasteiger charge is -2.00. The molecular weight excluding hydrogens is 228 g/mol. The van der Waals surface area contributed by atoms with Crippen molar-refractivity contribution in [2.45, 2.75) is 19.3 Å². The Morgan fingerprint density at radius 1 is 1.53 bits per heavy atom. The predicted octanol–water partition coefficient (Wildman–Crippen LogP) is 0.668. The van der Waals surface area contributed by atoms with Gasteiger partial charge in [-0.25, -0.2) is 0 Å². The standard InChI is InChI=1S/C10H14N2O5/c1-16-8-6-7(17-12-8)10(15)11-5-3-2-4-9(13)14/h6H,2-5H2,1H3,(H,11,15)(H,13,14). The van der Waals surface area contributed by atoms with E-state index < -0.39 is 11.9 Å². The average Bonchev–Trinajstić information content (AvgIpc) is 2.76. The van der Waals surface area contributed by atoms with Crippen molar-refractivity contribution in [3.63, 3.8) is 0 Å². The highest BCUT2D eigenvalue weighted by Gasteiger charge is 2.12. The van der Waals surface area contributed by atoms with Crippen LogP contribution in [0, 0.1) is 0 Å². The number of aliphatic carboxylic acids is 1. The van der Waals surface area contributed by atoms with Crippen LogP contribution in [0.5, 0.6) is 5.88 Å². The molecule has 0 spiro atoms. The van der Waals surface area contributed by atoms with Gasteiger partial charge >= 0.3 is 5.97 Å². The van der Waals surface area contributed by atoms with E-state index >= 15 is 0 Å². The van der Waals surface area contributed by atoms with E-state index in [-0.39, 0.29) is 18.1 Å². The van der Waals surface area contributed by atoms with Crippen LogP contribution >= 0.6 is 0 Å². The molecule has 0 unspecified atom stereocenters. The van der Waals surface area contributed by atoms with Gasteiger partial charge in [-0.3, -0.25) is 9.59 Å². The van der Waals surface area contributed by atoms with E-state index in [1.165, 1.54) is 13.2 Å². The first kappa shape index (κ1) is 13.0. The van der Waals surface area contributed by atoms with Gasteiger partial charge in [-0.15, -0.1) is 0 Å². The van der Waals surface area contributed by atoms with Crippen LogP contribution in [-0.2, 0) is 4.79 Å². The maximum atomic E-state index is 11.5. The molecule has 1 rings (SSSR count). The second kappa shape index (κ2) is 6.51. The van der Waals surface area contributed by atoms with E-state index in [1.807, 2.05) is 0 Å². The number of nitrogens with zero attached hydrogens (tertiary/aromatic N) is 1. The van der Waals surface area contributed by atoms with Crippen molar-refractivity contribution in [2.75, 3.05) is 13.7 Å². The number of rotatable bonds is 7. The minimum atomic E-state index is -0.837. The molecule has 94 valence electrons. The van der Waals surface area contributed by atoms with Crippen molar-refractivity contribution in [2.24, 2.45) is 0 Å². The normalized spacial score (nSPS) is 9.94. The lowest BCUT2D eigenvalue weighted by molar-refractivity contribution is -0.137. The molecule has 1 heterocycles. The summed E-state index contributed by atoms with van der Waals surface area (Å²) in [7, 11) is 1.42. The van der Waals surface area contributed by atoms with E-state index in [0.29, 0.717) is 19.4 Å². The molecule has 0 saturated carbocycles. The number of carboxylic acids is 1. The first-order chi connectivity index (χ1) is 8.13. The molecule has 0 saturated heterocycles. The zero-order chi connectivity index (χ0) is 12.7. The van der Waals surface area contributed by atoms with Crippen molar-refractivity contribution in [3.05, 3.63) is 11.8 Å². The molecule has 1 aromatic rings. The van der Waals surface area contributed by atoms with E-state index in [0.717, 1.165) is 0 Å². The molecular formula is C10H14N2O5.